The van der Waals surface area contributed by atoms with Crippen LogP contribution in [-0.2, 0) is 13.1 Å². The molecule has 0 radical (unpaired) electrons. The number of benzene rings is 1. The lowest BCUT2D eigenvalue weighted by Gasteiger charge is -2.34. The van der Waals surface area contributed by atoms with Crippen LogP contribution in [0.1, 0.15) is 32.9 Å². The first kappa shape index (κ1) is 19.3. The summed E-state index contributed by atoms with van der Waals surface area (Å²) in [5, 5.41) is 4.51. The zero-order valence-corrected chi connectivity index (χ0v) is 17.1. The summed E-state index contributed by atoms with van der Waals surface area (Å²) >= 11 is 0. The largest absolute Gasteiger partial charge is 0.336 e. The van der Waals surface area contributed by atoms with E-state index in [0.717, 1.165) is 61.8 Å². The molecule has 3 aromatic rings. The minimum Gasteiger partial charge on any atom is -0.336 e. The van der Waals surface area contributed by atoms with Gasteiger partial charge in [0, 0.05) is 56.4 Å². The monoisotopic (exact) mass is 389 g/mol. The summed E-state index contributed by atoms with van der Waals surface area (Å²) in [4.78, 5) is 21.4. The molecule has 0 spiro atoms. The fourth-order valence-electron chi connectivity index (χ4n) is 3.80. The van der Waals surface area contributed by atoms with Crippen molar-refractivity contribution in [3.05, 3.63) is 82.9 Å². The molecule has 1 saturated heterocycles. The summed E-state index contributed by atoms with van der Waals surface area (Å²) in [6, 6.07) is 14.1. The van der Waals surface area contributed by atoms with Crippen LogP contribution >= 0.6 is 0 Å². The van der Waals surface area contributed by atoms with Crippen molar-refractivity contribution in [1.82, 2.24) is 24.6 Å². The Bertz CT molecular complexity index is 957. The molecule has 4 rings (SSSR count). The van der Waals surface area contributed by atoms with Gasteiger partial charge in [-0.1, -0.05) is 18.2 Å². The SMILES string of the molecule is Cc1cc(C)n(Cc2ccc(C(=O)N3CCN(Cc4cccnc4)CC3)cc2)n1. The highest BCUT2D eigenvalue weighted by Crippen LogP contribution is 2.14. The number of amides is 1. The molecule has 1 aliphatic heterocycles. The van der Waals surface area contributed by atoms with Gasteiger partial charge < -0.3 is 4.90 Å². The number of aryl methyl sites for hydroxylation is 2. The van der Waals surface area contributed by atoms with Crippen molar-refractivity contribution in [3.8, 4) is 0 Å². The minimum atomic E-state index is 0.115. The molecule has 0 unspecified atom stereocenters. The number of piperazine rings is 1. The Hall–Kier alpha value is -2.99. The molecule has 29 heavy (non-hydrogen) atoms. The fourth-order valence-corrected chi connectivity index (χ4v) is 3.80. The van der Waals surface area contributed by atoms with Crippen LogP contribution in [0.25, 0.3) is 0 Å². The van der Waals surface area contributed by atoms with Gasteiger partial charge in [0.1, 0.15) is 0 Å². The number of aromatic nitrogens is 3. The topological polar surface area (TPSA) is 54.3 Å². The lowest BCUT2D eigenvalue weighted by molar-refractivity contribution is 0.0628. The van der Waals surface area contributed by atoms with Gasteiger partial charge in [-0.3, -0.25) is 19.4 Å². The van der Waals surface area contributed by atoms with Crippen LogP contribution in [0, 0.1) is 13.8 Å². The molecule has 1 aliphatic rings. The lowest BCUT2D eigenvalue weighted by Crippen LogP contribution is -2.48. The number of carbonyl (C=O) groups is 1. The third-order valence-corrected chi connectivity index (χ3v) is 5.43. The lowest BCUT2D eigenvalue weighted by atomic mass is 10.1. The second kappa shape index (κ2) is 8.57. The summed E-state index contributed by atoms with van der Waals surface area (Å²) in [6.45, 7) is 8.96. The third-order valence-electron chi connectivity index (χ3n) is 5.43. The Morgan fingerprint density at radius 3 is 2.34 bits per heavy atom. The van der Waals surface area contributed by atoms with Crippen molar-refractivity contribution in [2.75, 3.05) is 26.2 Å². The van der Waals surface area contributed by atoms with E-state index in [4.69, 9.17) is 0 Å². The van der Waals surface area contributed by atoms with Gasteiger partial charge in [-0.2, -0.15) is 5.10 Å². The van der Waals surface area contributed by atoms with Crippen LogP contribution < -0.4 is 0 Å². The Balaban J connectivity index is 1.32. The van der Waals surface area contributed by atoms with E-state index in [1.807, 2.05) is 53.0 Å². The second-order valence-electron chi connectivity index (χ2n) is 7.71. The van der Waals surface area contributed by atoms with Crippen LogP contribution in [0.5, 0.6) is 0 Å². The smallest absolute Gasteiger partial charge is 0.253 e. The van der Waals surface area contributed by atoms with Crippen molar-refractivity contribution < 1.29 is 4.79 Å². The number of pyridine rings is 1. The van der Waals surface area contributed by atoms with E-state index >= 15 is 0 Å². The molecule has 0 saturated carbocycles. The van der Waals surface area contributed by atoms with Gasteiger partial charge >= 0.3 is 0 Å². The summed E-state index contributed by atoms with van der Waals surface area (Å²) in [6.07, 6.45) is 3.70. The third kappa shape index (κ3) is 4.71. The number of rotatable bonds is 5. The van der Waals surface area contributed by atoms with Gasteiger partial charge in [0.15, 0.2) is 0 Å². The first-order valence-electron chi connectivity index (χ1n) is 10.1. The zero-order chi connectivity index (χ0) is 20.2. The zero-order valence-electron chi connectivity index (χ0n) is 17.1. The Kier molecular flexibility index (Phi) is 5.71. The van der Waals surface area contributed by atoms with Gasteiger partial charge in [0.25, 0.3) is 5.91 Å². The normalized spacial score (nSPS) is 14.9. The number of hydrogen-bond acceptors (Lipinski definition) is 4. The molecule has 0 N–H and O–H groups in total. The number of carbonyl (C=O) groups excluding carboxylic acids is 1. The first-order valence-corrected chi connectivity index (χ1v) is 10.1. The van der Waals surface area contributed by atoms with Gasteiger partial charge in [0.05, 0.1) is 12.2 Å². The standard InChI is InChI=1S/C23H27N5O/c1-18-14-19(2)28(25-18)17-20-5-7-22(8-6-20)23(29)27-12-10-26(11-13-27)16-21-4-3-9-24-15-21/h3-9,14-15H,10-13,16-17H2,1-2H3. The van der Waals surface area contributed by atoms with Gasteiger partial charge in [-0.05, 0) is 49.2 Å². The molecular formula is C23H27N5O. The molecule has 0 aliphatic carbocycles. The van der Waals surface area contributed by atoms with E-state index < -0.39 is 0 Å². The van der Waals surface area contributed by atoms with E-state index in [0.29, 0.717) is 0 Å². The molecule has 0 atom stereocenters. The average Bonchev–Trinajstić information content (AvgIpc) is 3.06. The molecule has 1 fully saturated rings. The van der Waals surface area contributed by atoms with Crippen LogP contribution in [0.2, 0.25) is 0 Å². The van der Waals surface area contributed by atoms with E-state index in [9.17, 15) is 4.79 Å². The predicted octanol–water partition coefficient (Wildman–Crippen LogP) is 2.90. The summed E-state index contributed by atoms with van der Waals surface area (Å²) < 4.78 is 1.99. The number of nitrogens with zero attached hydrogens (tertiary/aromatic N) is 5. The van der Waals surface area contributed by atoms with Crippen LogP contribution in [0.15, 0.2) is 54.9 Å². The molecule has 6 nitrogen and oxygen atoms in total. The highest BCUT2D eigenvalue weighted by Gasteiger charge is 2.22. The Morgan fingerprint density at radius 1 is 0.966 bits per heavy atom. The summed E-state index contributed by atoms with van der Waals surface area (Å²) in [5.74, 6) is 0.115. The molecule has 150 valence electrons. The van der Waals surface area contributed by atoms with Gasteiger partial charge in [-0.25, -0.2) is 0 Å². The predicted molar refractivity (Wildman–Crippen MR) is 113 cm³/mol. The quantitative estimate of drug-likeness (QED) is 0.673. The highest BCUT2D eigenvalue weighted by molar-refractivity contribution is 5.94. The maximum atomic E-state index is 12.9. The fraction of sp³-hybridized carbons (Fsp3) is 0.348. The molecule has 1 amide bonds. The Labute approximate surface area is 171 Å². The highest BCUT2D eigenvalue weighted by atomic mass is 16.2. The molecular weight excluding hydrogens is 362 g/mol. The van der Waals surface area contributed by atoms with Crippen LogP contribution in [0.4, 0.5) is 0 Å². The van der Waals surface area contributed by atoms with Crippen molar-refractivity contribution in [3.63, 3.8) is 0 Å². The second-order valence-corrected chi connectivity index (χ2v) is 7.71. The molecule has 2 aromatic heterocycles. The van der Waals surface area contributed by atoms with Gasteiger partial charge in [-0.15, -0.1) is 0 Å². The van der Waals surface area contributed by atoms with Crippen molar-refractivity contribution in [2.24, 2.45) is 0 Å². The maximum absolute atomic E-state index is 12.9. The van der Waals surface area contributed by atoms with Crippen molar-refractivity contribution >= 4 is 5.91 Å². The van der Waals surface area contributed by atoms with E-state index in [-0.39, 0.29) is 5.91 Å². The van der Waals surface area contributed by atoms with Gasteiger partial charge in [0.2, 0.25) is 0 Å². The summed E-state index contributed by atoms with van der Waals surface area (Å²) in [5.41, 5.74) is 5.28. The number of hydrogen-bond donors (Lipinski definition) is 0. The van der Waals surface area contributed by atoms with E-state index in [1.54, 1.807) is 6.20 Å². The summed E-state index contributed by atoms with van der Waals surface area (Å²) in [7, 11) is 0. The first-order chi connectivity index (χ1) is 14.1. The molecule has 6 heteroatoms. The minimum absolute atomic E-state index is 0.115. The Morgan fingerprint density at radius 2 is 1.72 bits per heavy atom. The van der Waals surface area contributed by atoms with Crippen molar-refractivity contribution in [1.29, 1.82) is 0 Å². The average molecular weight is 390 g/mol. The van der Waals surface area contributed by atoms with Crippen LogP contribution in [-0.4, -0.2) is 56.7 Å². The van der Waals surface area contributed by atoms with E-state index in [2.05, 4.69) is 34.0 Å². The van der Waals surface area contributed by atoms with E-state index in [1.165, 1.54) is 5.56 Å². The molecule has 1 aromatic carbocycles. The van der Waals surface area contributed by atoms with Crippen LogP contribution in [0.3, 0.4) is 0 Å². The molecule has 3 heterocycles. The van der Waals surface area contributed by atoms with Crippen molar-refractivity contribution in [2.45, 2.75) is 26.9 Å². The maximum Gasteiger partial charge on any atom is 0.253 e. The molecule has 0 bridgehead atoms.